The highest BCUT2D eigenvalue weighted by molar-refractivity contribution is 5.76. The van der Waals surface area contributed by atoms with Crippen LogP contribution in [0.1, 0.15) is 57.1 Å². The monoisotopic (exact) mass is 358 g/mol. The van der Waals surface area contributed by atoms with Crippen LogP contribution in [0.25, 0.3) is 0 Å². The van der Waals surface area contributed by atoms with Gasteiger partial charge in [-0.2, -0.15) is 0 Å². The van der Waals surface area contributed by atoms with Crippen LogP contribution in [0.5, 0.6) is 0 Å². The van der Waals surface area contributed by atoms with Crippen molar-refractivity contribution in [1.29, 1.82) is 0 Å². The van der Waals surface area contributed by atoms with Crippen molar-refractivity contribution in [2.45, 2.75) is 51.5 Å². The molecule has 142 valence electrons. The van der Waals surface area contributed by atoms with Gasteiger partial charge in [-0.3, -0.25) is 4.79 Å². The maximum atomic E-state index is 12.8. The number of likely N-dealkylation sites (tertiary alicyclic amines) is 1. The number of carbonyl (C=O) groups is 2. The van der Waals surface area contributed by atoms with Crippen molar-refractivity contribution in [2.24, 2.45) is 11.8 Å². The molecule has 26 heavy (non-hydrogen) atoms. The summed E-state index contributed by atoms with van der Waals surface area (Å²) in [6.07, 6.45) is 6.20. The molecule has 1 unspecified atom stereocenters. The van der Waals surface area contributed by atoms with Crippen LogP contribution in [0.15, 0.2) is 30.3 Å². The highest BCUT2D eigenvalue weighted by atomic mass is 16.5. The lowest BCUT2D eigenvalue weighted by molar-refractivity contribution is -0.149. The number of ether oxygens (including phenoxy) is 1. The largest absolute Gasteiger partial charge is 0.466 e. The van der Waals surface area contributed by atoms with E-state index in [4.69, 9.17) is 4.74 Å². The van der Waals surface area contributed by atoms with E-state index in [9.17, 15) is 9.59 Å². The average molecular weight is 358 g/mol. The molecule has 0 bridgehead atoms. The Morgan fingerprint density at radius 2 is 1.77 bits per heavy atom. The van der Waals surface area contributed by atoms with Crippen molar-refractivity contribution in [1.82, 2.24) is 10.2 Å². The fourth-order valence-corrected chi connectivity index (χ4v) is 4.23. The Hall–Kier alpha value is -2.04. The number of piperidine rings is 1. The summed E-state index contributed by atoms with van der Waals surface area (Å²) in [5.41, 5.74) is 1.19. The van der Waals surface area contributed by atoms with Crippen molar-refractivity contribution >= 4 is 12.0 Å². The van der Waals surface area contributed by atoms with Crippen LogP contribution in [0, 0.1) is 11.8 Å². The fourth-order valence-electron chi connectivity index (χ4n) is 4.23. The minimum Gasteiger partial charge on any atom is -0.466 e. The van der Waals surface area contributed by atoms with Gasteiger partial charge in [-0.05, 0) is 44.1 Å². The van der Waals surface area contributed by atoms with E-state index in [1.807, 2.05) is 30.0 Å². The third-order valence-corrected chi connectivity index (χ3v) is 5.71. The van der Waals surface area contributed by atoms with E-state index in [1.54, 1.807) is 0 Å². The lowest BCUT2D eigenvalue weighted by Crippen LogP contribution is -2.47. The lowest BCUT2D eigenvalue weighted by Gasteiger charge is -2.33. The second-order valence-corrected chi connectivity index (χ2v) is 7.40. The van der Waals surface area contributed by atoms with E-state index in [0.717, 1.165) is 0 Å². The Balaban J connectivity index is 1.59. The van der Waals surface area contributed by atoms with Crippen molar-refractivity contribution < 1.29 is 14.3 Å². The van der Waals surface area contributed by atoms with E-state index in [0.29, 0.717) is 38.5 Å². The minimum atomic E-state index is -0.124. The van der Waals surface area contributed by atoms with Gasteiger partial charge in [0.05, 0.1) is 18.6 Å². The molecule has 2 aliphatic rings. The molecule has 1 saturated carbocycles. The molecule has 3 rings (SSSR count). The second-order valence-electron chi connectivity index (χ2n) is 7.40. The topological polar surface area (TPSA) is 58.6 Å². The number of esters is 1. The number of nitrogens with zero attached hydrogens (tertiary/aromatic N) is 1. The Morgan fingerprint density at radius 3 is 2.38 bits per heavy atom. The lowest BCUT2D eigenvalue weighted by atomic mass is 9.91. The number of rotatable bonds is 5. The predicted molar refractivity (Wildman–Crippen MR) is 101 cm³/mol. The molecule has 1 N–H and O–H groups in total. The molecule has 1 aromatic rings. The van der Waals surface area contributed by atoms with Crippen LogP contribution in [0.2, 0.25) is 0 Å². The number of carbonyl (C=O) groups excluding carboxylic acids is 2. The summed E-state index contributed by atoms with van der Waals surface area (Å²) in [6.45, 7) is 3.47. The van der Waals surface area contributed by atoms with Gasteiger partial charge < -0.3 is 15.0 Å². The summed E-state index contributed by atoms with van der Waals surface area (Å²) < 4.78 is 5.11. The smallest absolute Gasteiger partial charge is 0.317 e. The molecule has 0 spiro atoms. The molecule has 1 heterocycles. The molecule has 1 saturated heterocycles. The van der Waals surface area contributed by atoms with Crippen molar-refractivity contribution in [3.8, 4) is 0 Å². The highest BCUT2D eigenvalue weighted by Gasteiger charge is 2.32. The van der Waals surface area contributed by atoms with Crippen LogP contribution >= 0.6 is 0 Å². The van der Waals surface area contributed by atoms with Crippen molar-refractivity contribution in [3.63, 3.8) is 0 Å². The average Bonchev–Trinajstić information content (AvgIpc) is 3.21. The van der Waals surface area contributed by atoms with Gasteiger partial charge in [0, 0.05) is 13.1 Å². The molecular formula is C21H30N2O3. The standard InChI is InChI=1S/C21H30N2O3/c1-2-26-20(24)18-12-14-23(15-13-18)21(25)22-19(17-10-6-7-11-17)16-8-4-3-5-9-16/h3-5,8-9,17-19H,2,6-7,10-15H2,1H3,(H,22,25). The summed E-state index contributed by atoms with van der Waals surface area (Å²) in [5.74, 6) is 0.317. The molecule has 5 nitrogen and oxygen atoms in total. The van der Waals surface area contributed by atoms with Gasteiger partial charge in [0.2, 0.25) is 0 Å². The van der Waals surface area contributed by atoms with Gasteiger partial charge in [-0.1, -0.05) is 43.2 Å². The van der Waals surface area contributed by atoms with Gasteiger partial charge in [0.15, 0.2) is 0 Å². The number of benzene rings is 1. The second kappa shape index (κ2) is 9.06. The zero-order valence-electron chi connectivity index (χ0n) is 15.7. The number of urea groups is 1. The summed E-state index contributed by atoms with van der Waals surface area (Å²) in [7, 11) is 0. The first kappa shape index (κ1) is 18.7. The minimum absolute atomic E-state index is 0.00642. The number of hydrogen-bond acceptors (Lipinski definition) is 3. The van der Waals surface area contributed by atoms with Crippen LogP contribution < -0.4 is 5.32 Å². The Labute approximate surface area is 156 Å². The molecule has 5 heteroatoms. The molecule has 1 atom stereocenters. The Bertz CT molecular complexity index is 591. The SMILES string of the molecule is CCOC(=O)C1CCN(C(=O)NC(c2ccccc2)C2CCCC2)CC1. The summed E-state index contributed by atoms with van der Waals surface area (Å²) in [5, 5.41) is 3.28. The van der Waals surface area contributed by atoms with Gasteiger partial charge in [-0.25, -0.2) is 4.79 Å². The van der Waals surface area contributed by atoms with Crippen LogP contribution in [-0.4, -0.2) is 36.6 Å². The number of amides is 2. The molecule has 0 aromatic heterocycles. The molecule has 2 fully saturated rings. The molecule has 1 aliphatic heterocycles. The summed E-state index contributed by atoms with van der Waals surface area (Å²) >= 11 is 0. The van der Waals surface area contributed by atoms with Gasteiger partial charge in [0.25, 0.3) is 0 Å². The highest BCUT2D eigenvalue weighted by Crippen LogP contribution is 2.36. The summed E-state index contributed by atoms with van der Waals surface area (Å²) in [4.78, 5) is 26.6. The predicted octanol–water partition coefficient (Wildman–Crippen LogP) is 3.90. The normalized spacial score (nSPS) is 20.0. The fraction of sp³-hybridized carbons (Fsp3) is 0.619. The van der Waals surface area contributed by atoms with Gasteiger partial charge >= 0.3 is 12.0 Å². The zero-order chi connectivity index (χ0) is 18.4. The Kier molecular flexibility index (Phi) is 6.53. The number of nitrogens with one attached hydrogen (secondary N) is 1. The van der Waals surface area contributed by atoms with Crippen molar-refractivity contribution in [3.05, 3.63) is 35.9 Å². The first-order valence-corrected chi connectivity index (χ1v) is 9.96. The van der Waals surface area contributed by atoms with E-state index >= 15 is 0 Å². The van der Waals surface area contributed by atoms with Gasteiger partial charge in [0.1, 0.15) is 0 Å². The van der Waals surface area contributed by atoms with Crippen molar-refractivity contribution in [2.75, 3.05) is 19.7 Å². The van der Waals surface area contributed by atoms with Crippen LogP contribution in [-0.2, 0) is 9.53 Å². The number of hydrogen-bond donors (Lipinski definition) is 1. The molecule has 1 aliphatic carbocycles. The molecule has 1 aromatic carbocycles. The summed E-state index contributed by atoms with van der Waals surface area (Å²) in [6, 6.07) is 10.4. The van der Waals surface area contributed by atoms with Gasteiger partial charge in [-0.15, -0.1) is 0 Å². The van der Waals surface area contributed by atoms with E-state index in [1.165, 1.54) is 31.2 Å². The quantitative estimate of drug-likeness (QED) is 0.812. The van der Waals surface area contributed by atoms with E-state index in [-0.39, 0.29) is 24.0 Å². The molecular weight excluding hydrogens is 328 g/mol. The maximum absolute atomic E-state index is 12.8. The third kappa shape index (κ3) is 4.57. The third-order valence-electron chi connectivity index (χ3n) is 5.71. The Morgan fingerprint density at radius 1 is 1.12 bits per heavy atom. The van der Waals surface area contributed by atoms with Crippen LogP contribution in [0.3, 0.4) is 0 Å². The molecule has 2 amide bonds. The maximum Gasteiger partial charge on any atom is 0.317 e. The van der Waals surface area contributed by atoms with E-state index in [2.05, 4.69) is 17.4 Å². The molecule has 0 radical (unpaired) electrons. The van der Waals surface area contributed by atoms with E-state index < -0.39 is 0 Å². The first-order chi connectivity index (χ1) is 12.7. The first-order valence-electron chi connectivity index (χ1n) is 9.96. The van der Waals surface area contributed by atoms with Crippen LogP contribution in [0.4, 0.5) is 4.79 Å². The zero-order valence-corrected chi connectivity index (χ0v) is 15.7.